The van der Waals surface area contributed by atoms with Gasteiger partial charge in [0.15, 0.2) is 11.9 Å². The van der Waals surface area contributed by atoms with Crippen LogP contribution in [0, 0.1) is 0 Å². The van der Waals surface area contributed by atoms with E-state index in [0.29, 0.717) is 35.9 Å². The maximum absolute atomic E-state index is 12.1. The standard InChI is InChI=1S/C18H22ClN3O5/c1-3-5-14-20-16(27-22-14)7-4-6-15(23)21-17(18(24)25)11-8-9-13(26-2)12(19)10-11/h8-10,17H,3-7H2,1-2H3,(H,21,23)(H,24,25). The number of hydrogen-bond donors (Lipinski definition) is 2. The maximum Gasteiger partial charge on any atom is 0.330 e. The van der Waals surface area contributed by atoms with E-state index in [9.17, 15) is 14.7 Å². The highest BCUT2D eigenvalue weighted by molar-refractivity contribution is 6.32. The van der Waals surface area contributed by atoms with Gasteiger partial charge in [-0.2, -0.15) is 4.98 Å². The molecular weight excluding hydrogens is 374 g/mol. The molecule has 1 atom stereocenters. The lowest BCUT2D eigenvalue weighted by molar-refractivity contribution is -0.142. The van der Waals surface area contributed by atoms with Gasteiger partial charge in [-0.1, -0.05) is 29.7 Å². The van der Waals surface area contributed by atoms with Crippen molar-refractivity contribution in [1.29, 1.82) is 0 Å². The zero-order chi connectivity index (χ0) is 19.8. The predicted octanol–water partition coefficient (Wildman–Crippen LogP) is 2.95. The Morgan fingerprint density at radius 3 is 2.78 bits per heavy atom. The number of carbonyl (C=O) groups excluding carboxylic acids is 1. The molecule has 27 heavy (non-hydrogen) atoms. The molecule has 2 rings (SSSR count). The number of rotatable bonds is 10. The third kappa shape index (κ3) is 5.96. The minimum atomic E-state index is -1.19. The molecule has 0 aliphatic rings. The molecule has 0 radical (unpaired) electrons. The zero-order valence-corrected chi connectivity index (χ0v) is 16.0. The first-order valence-electron chi connectivity index (χ1n) is 8.61. The second-order valence-corrected chi connectivity index (χ2v) is 6.35. The van der Waals surface area contributed by atoms with Crippen molar-refractivity contribution in [2.24, 2.45) is 0 Å². The number of aryl methyl sites for hydroxylation is 2. The fourth-order valence-corrected chi connectivity index (χ4v) is 2.77. The molecular formula is C18H22ClN3O5. The van der Waals surface area contributed by atoms with Crippen LogP contribution < -0.4 is 10.1 Å². The van der Waals surface area contributed by atoms with Gasteiger partial charge in [0.2, 0.25) is 11.8 Å². The molecule has 0 aliphatic carbocycles. The quantitative estimate of drug-likeness (QED) is 0.635. The Balaban J connectivity index is 1.90. The molecule has 1 heterocycles. The number of carbonyl (C=O) groups is 2. The lowest BCUT2D eigenvalue weighted by atomic mass is 10.1. The van der Waals surface area contributed by atoms with E-state index in [-0.39, 0.29) is 17.4 Å². The van der Waals surface area contributed by atoms with E-state index in [1.807, 2.05) is 6.92 Å². The van der Waals surface area contributed by atoms with E-state index in [1.165, 1.54) is 13.2 Å². The summed E-state index contributed by atoms with van der Waals surface area (Å²) in [6.45, 7) is 2.02. The van der Waals surface area contributed by atoms with Crippen molar-refractivity contribution >= 4 is 23.5 Å². The highest BCUT2D eigenvalue weighted by atomic mass is 35.5. The number of aliphatic carboxylic acids is 1. The Morgan fingerprint density at radius 1 is 1.37 bits per heavy atom. The van der Waals surface area contributed by atoms with Gasteiger partial charge in [-0.3, -0.25) is 4.79 Å². The number of aromatic nitrogens is 2. The first-order chi connectivity index (χ1) is 12.9. The number of ether oxygens (including phenoxy) is 1. The van der Waals surface area contributed by atoms with Gasteiger partial charge in [0, 0.05) is 19.3 Å². The van der Waals surface area contributed by atoms with Gasteiger partial charge in [0.1, 0.15) is 5.75 Å². The van der Waals surface area contributed by atoms with Crippen LogP contribution in [0.3, 0.4) is 0 Å². The maximum atomic E-state index is 12.1. The molecule has 0 spiro atoms. The van der Waals surface area contributed by atoms with Gasteiger partial charge in [-0.05, 0) is 30.5 Å². The summed E-state index contributed by atoms with van der Waals surface area (Å²) in [4.78, 5) is 27.9. The largest absolute Gasteiger partial charge is 0.495 e. The van der Waals surface area contributed by atoms with Crippen molar-refractivity contribution in [3.8, 4) is 5.75 Å². The molecule has 0 saturated carbocycles. The van der Waals surface area contributed by atoms with Crippen molar-refractivity contribution in [2.75, 3.05) is 7.11 Å². The van der Waals surface area contributed by atoms with Crippen LogP contribution in [0.15, 0.2) is 22.7 Å². The molecule has 1 unspecified atom stereocenters. The number of carboxylic acids is 1. The second-order valence-electron chi connectivity index (χ2n) is 5.94. The molecule has 9 heteroatoms. The van der Waals surface area contributed by atoms with Gasteiger partial charge in [-0.25, -0.2) is 4.79 Å². The Bertz CT molecular complexity index is 793. The Morgan fingerprint density at radius 2 is 2.15 bits per heavy atom. The van der Waals surface area contributed by atoms with Crippen LogP contribution in [0.1, 0.15) is 49.5 Å². The van der Waals surface area contributed by atoms with Crippen LogP contribution in [-0.2, 0) is 22.4 Å². The third-order valence-electron chi connectivity index (χ3n) is 3.84. The highest BCUT2D eigenvalue weighted by Gasteiger charge is 2.23. The lowest BCUT2D eigenvalue weighted by Gasteiger charge is -2.16. The molecule has 0 bridgehead atoms. The molecule has 0 fully saturated rings. The van der Waals surface area contributed by atoms with Crippen molar-refractivity contribution in [3.63, 3.8) is 0 Å². The SMILES string of the molecule is CCCc1noc(CCCC(=O)NC(C(=O)O)c2ccc(OC)c(Cl)c2)n1. The van der Waals surface area contributed by atoms with Gasteiger partial charge in [-0.15, -0.1) is 0 Å². The molecule has 1 amide bonds. The van der Waals surface area contributed by atoms with E-state index >= 15 is 0 Å². The van der Waals surface area contributed by atoms with E-state index in [2.05, 4.69) is 15.5 Å². The summed E-state index contributed by atoms with van der Waals surface area (Å²) >= 11 is 6.04. The van der Waals surface area contributed by atoms with Crippen molar-refractivity contribution < 1.29 is 24.0 Å². The van der Waals surface area contributed by atoms with E-state index in [1.54, 1.807) is 12.1 Å². The van der Waals surface area contributed by atoms with Crippen molar-refractivity contribution in [3.05, 3.63) is 40.5 Å². The van der Waals surface area contributed by atoms with Gasteiger partial charge in [0.05, 0.1) is 12.1 Å². The van der Waals surface area contributed by atoms with Crippen LogP contribution in [0.4, 0.5) is 0 Å². The molecule has 0 aliphatic heterocycles. The number of nitrogens with zero attached hydrogens (tertiary/aromatic N) is 2. The van der Waals surface area contributed by atoms with E-state index < -0.39 is 12.0 Å². The number of halogens is 1. The zero-order valence-electron chi connectivity index (χ0n) is 15.2. The summed E-state index contributed by atoms with van der Waals surface area (Å²) < 4.78 is 10.2. The van der Waals surface area contributed by atoms with Gasteiger partial charge in [0.25, 0.3) is 0 Å². The Kier molecular flexibility index (Phi) is 7.60. The van der Waals surface area contributed by atoms with E-state index in [0.717, 1.165) is 12.8 Å². The lowest BCUT2D eigenvalue weighted by Crippen LogP contribution is -2.33. The molecule has 1 aromatic carbocycles. The van der Waals surface area contributed by atoms with Crippen LogP contribution in [-0.4, -0.2) is 34.2 Å². The molecule has 8 nitrogen and oxygen atoms in total. The predicted molar refractivity (Wildman–Crippen MR) is 97.8 cm³/mol. The number of nitrogens with one attached hydrogen (secondary N) is 1. The van der Waals surface area contributed by atoms with Gasteiger partial charge < -0.3 is 19.7 Å². The molecule has 1 aromatic heterocycles. The summed E-state index contributed by atoms with van der Waals surface area (Å²) in [5, 5.41) is 16.1. The molecule has 146 valence electrons. The average Bonchev–Trinajstić information content (AvgIpc) is 3.07. The van der Waals surface area contributed by atoms with Gasteiger partial charge >= 0.3 is 5.97 Å². The van der Waals surface area contributed by atoms with Crippen LogP contribution in [0.5, 0.6) is 5.75 Å². The summed E-state index contributed by atoms with van der Waals surface area (Å²) in [7, 11) is 1.46. The van der Waals surface area contributed by atoms with Crippen LogP contribution in [0.25, 0.3) is 0 Å². The number of amides is 1. The summed E-state index contributed by atoms with van der Waals surface area (Å²) in [5.74, 6) is -0.00606. The average molecular weight is 396 g/mol. The summed E-state index contributed by atoms with van der Waals surface area (Å²) in [5.41, 5.74) is 0.364. The molecule has 2 N–H and O–H groups in total. The first-order valence-corrected chi connectivity index (χ1v) is 8.99. The number of hydrogen-bond acceptors (Lipinski definition) is 6. The topological polar surface area (TPSA) is 115 Å². The summed E-state index contributed by atoms with van der Waals surface area (Å²) in [6.07, 6.45) is 2.73. The second kappa shape index (κ2) is 9.91. The van der Waals surface area contributed by atoms with Crippen LogP contribution >= 0.6 is 11.6 Å². The minimum Gasteiger partial charge on any atom is -0.495 e. The van der Waals surface area contributed by atoms with Crippen molar-refractivity contribution in [2.45, 2.75) is 45.1 Å². The Labute approximate surface area is 161 Å². The fraction of sp³-hybridized carbons (Fsp3) is 0.444. The first kappa shape index (κ1) is 20.7. The van der Waals surface area contributed by atoms with E-state index in [4.69, 9.17) is 20.9 Å². The monoisotopic (exact) mass is 395 g/mol. The third-order valence-corrected chi connectivity index (χ3v) is 4.14. The minimum absolute atomic E-state index is 0.138. The number of carboxylic acid groups (broad SMARTS) is 1. The normalized spacial score (nSPS) is 11.8. The molecule has 0 saturated heterocycles. The number of benzene rings is 1. The smallest absolute Gasteiger partial charge is 0.330 e. The Hall–Kier alpha value is -2.61. The van der Waals surface area contributed by atoms with Crippen molar-refractivity contribution in [1.82, 2.24) is 15.5 Å². The van der Waals surface area contributed by atoms with Crippen LogP contribution in [0.2, 0.25) is 5.02 Å². The highest BCUT2D eigenvalue weighted by Crippen LogP contribution is 2.27. The molecule has 2 aromatic rings. The summed E-state index contributed by atoms with van der Waals surface area (Å²) in [6, 6.07) is 3.38. The fourth-order valence-electron chi connectivity index (χ4n) is 2.50. The number of methoxy groups -OCH3 is 1.